The molecular weight excluding hydrogens is 378 g/mol. The van der Waals surface area contributed by atoms with Crippen molar-refractivity contribution in [3.8, 4) is 0 Å². The summed E-state index contributed by atoms with van der Waals surface area (Å²) in [5.41, 5.74) is 0. The lowest BCUT2D eigenvalue weighted by Crippen LogP contribution is -2.47. The second kappa shape index (κ2) is 7.67. The summed E-state index contributed by atoms with van der Waals surface area (Å²) in [6.45, 7) is 1.68. The van der Waals surface area contributed by atoms with Crippen LogP contribution in [0.1, 0.15) is 24.6 Å². The molecule has 2 saturated heterocycles. The standard InChI is InChI=1S/C16H19N3O5S2/c1-16-5-4-13(21)19(16)11(9-26-16)14(22)24-8-12(20)18-15(23)17-7-10-3-2-6-25-10/h2-3,6,11H,4-5,7-9H2,1H3,(H2,17,18,20,23)/t11-,16+/m0/s1. The van der Waals surface area contributed by atoms with Gasteiger partial charge in [0.1, 0.15) is 6.04 Å². The van der Waals surface area contributed by atoms with Crippen molar-refractivity contribution < 1.29 is 23.9 Å². The molecule has 4 amide bonds. The smallest absolute Gasteiger partial charge is 0.330 e. The lowest BCUT2D eigenvalue weighted by Gasteiger charge is -2.29. The molecule has 0 bridgehead atoms. The lowest BCUT2D eigenvalue weighted by atomic mass is 10.2. The first-order valence-electron chi connectivity index (χ1n) is 8.12. The van der Waals surface area contributed by atoms with E-state index in [1.165, 1.54) is 11.3 Å². The third kappa shape index (κ3) is 4.01. The molecule has 8 nitrogen and oxygen atoms in total. The highest BCUT2D eigenvalue weighted by atomic mass is 32.2. The number of carbonyl (C=O) groups is 4. The Morgan fingerprint density at radius 3 is 2.96 bits per heavy atom. The minimum absolute atomic E-state index is 0.0724. The van der Waals surface area contributed by atoms with E-state index < -0.39 is 30.6 Å². The Balaban J connectivity index is 1.42. The minimum Gasteiger partial charge on any atom is -0.454 e. The van der Waals surface area contributed by atoms with Crippen LogP contribution in [0, 0.1) is 0 Å². The van der Waals surface area contributed by atoms with Gasteiger partial charge in [0.2, 0.25) is 5.91 Å². The van der Waals surface area contributed by atoms with E-state index in [0.29, 0.717) is 25.1 Å². The van der Waals surface area contributed by atoms with Crippen LogP contribution in [-0.2, 0) is 25.7 Å². The van der Waals surface area contributed by atoms with Crippen molar-refractivity contribution in [2.45, 2.75) is 37.2 Å². The summed E-state index contributed by atoms with van der Waals surface area (Å²) in [7, 11) is 0. The number of hydrogen-bond acceptors (Lipinski definition) is 7. The molecule has 3 rings (SSSR count). The van der Waals surface area contributed by atoms with E-state index in [1.54, 1.807) is 16.7 Å². The number of hydrogen-bond donors (Lipinski definition) is 2. The molecule has 2 aliphatic heterocycles. The highest BCUT2D eigenvalue weighted by Gasteiger charge is 2.53. The van der Waals surface area contributed by atoms with Gasteiger partial charge in [0.15, 0.2) is 6.61 Å². The largest absolute Gasteiger partial charge is 0.454 e. The number of thioether (sulfide) groups is 1. The quantitative estimate of drug-likeness (QED) is 0.720. The van der Waals surface area contributed by atoms with Crippen LogP contribution in [0.3, 0.4) is 0 Å². The minimum atomic E-state index is -0.719. The van der Waals surface area contributed by atoms with Gasteiger partial charge >= 0.3 is 12.0 Å². The van der Waals surface area contributed by atoms with Gasteiger partial charge in [0.25, 0.3) is 5.91 Å². The Morgan fingerprint density at radius 1 is 1.42 bits per heavy atom. The van der Waals surface area contributed by atoms with E-state index in [4.69, 9.17) is 4.74 Å². The molecule has 2 atom stereocenters. The third-order valence-corrected chi connectivity index (χ3v) is 6.70. The Bertz CT molecular complexity index is 723. The fraction of sp³-hybridized carbons (Fsp3) is 0.500. The Hall–Kier alpha value is -2.07. The van der Waals surface area contributed by atoms with Crippen LogP contribution in [0.25, 0.3) is 0 Å². The van der Waals surface area contributed by atoms with Gasteiger partial charge in [0.05, 0.1) is 11.4 Å². The third-order valence-electron chi connectivity index (χ3n) is 4.32. The van der Waals surface area contributed by atoms with Crippen molar-refractivity contribution in [2.75, 3.05) is 12.4 Å². The molecule has 0 aliphatic carbocycles. The number of urea groups is 1. The van der Waals surface area contributed by atoms with Crippen LogP contribution < -0.4 is 10.6 Å². The maximum atomic E-state index is 12.2. The average molecular weight is 397 g/mol. The maximum absolute atomic E-state index is 12.2. The lowest BCUT2D eigenvalue weighted by molar-refractivity contribution is -0.156. The van der Waals surface area contributed by atoms with Gasteiger partial charge in [-0.25, -0.2) is 9.59 Å². The first-order chi connectivity index (χ1) is 12.4. The molecule has 0 radical (unpaired) electrons. The van der Waals surface area contributed by atoms with Crippen LogP contribution in [0.4, 0.5) is 4.79 Å². The summed E-state index contributed by atoms with van der Waals surface area (Å²) in [5, 5.41) is 6.53. The van der Waals surface area contributed by atoms with Gasteiger partial charge in [-0.1, -0.05) is 6.07 Å². The molecule has 2 fully saturated rings. The van der Waals surface area contributed by atoms with E-state index in [0.717, 1.165) is 4.88 Å². The van der Waals surface area contributed by atoms with Crippen molar-refractivity contribution in [3.05, 3.63) is 22.4 Å². The number of carbonyl (C=O) groups excluding carboxylic acids is 4. The highest BCUT2D eigenvalue weighted by molar-refractivity contribution is 8.01. The summed E-state index contributed by atoms with van der Waals surface area (Å²) in [6.07, 6.45) is 1.11. The number of imide groups is 1. The molecule has 1 aromatic rings. The number of esters is 1. The summed E-state index contributed by atoms with van der Waals surface area (Å²) >= 11 is 3.03. The summed E-state index contributed by atoms with van der Waals surface area (Å²) in [4.78, 5) is 49.8. The number of rotatable bonds is 5. The zero-order valence-corrected chi connectivity index (χ0v) is 15.8. The van der Waals surface area contributed by atoms with Crippen LogP contribution in [-0.4, -0.2) is 52.0 Å². The van der Waals surface area contributed by atoms with Crippen molar-refractivity contribution in [1.29, 1.82) is 0 Å². The summed E-state index contributed by atoms with van der Waals surface area (Å²) in [6, 6.07) is 2.39. The van der Waals surface area contributed by atoms with Gasteiger partial charge in [-0.15, -0.1) is 23.1 Å². The molecule has 0 aromatic carbocycles. The van der Waals surface area contributed by atoms with Gasteiger partial charge in [-0.3, -0.25) is 14.9 Å². The first-order valence-corrected chi connectivity index (χ1v) is 9.98. The number of nitrogens with zero attached hydrogens (tertiary/aromatic N) is 1. The Labute approximate surface area is 158 Å². The van der Waals surface area contributed by atoms with Crippen LogP contribution in [0.5, 0.6) is 0 Å². The van der Waals surface area contributed by atoms with E-state index in [9.17, 15) is 19.2 Å². The highest BCUT2D eigenvalue weighted by Crippen LogP contribution is 2.47. The van der Waals surface area contributed by atoms with Gasteiger partial charge in [-0.2, -0.15) is 0 Å². The van der Waals surface area contributed by atoms with Gasteiger partial charge in [-0.05, 0) is 24.8 Å². The van der Waals surface area contributed by atoms with Crippen LogP contribution in [0.15, 0.2) is 17.5 Å². The number of ether oxygens (including phenoxy) is 1. The molecule has 140 valence electrons. The molecule has 3 heterocycles. The van der Waals surface area contributed by atoms with Gasteiger partial charge < -0.3 is 15.0 Å². The first kappa shape index (κ1) is 18.7. The van der Waals surface area contributed by atoms with Crippen molar-refractivity contribution in [1.82, 2.24) is 15.5 Å². The maximum Gasteiger partial charge on any atom is 0.330 e. The van der Waals surface area contributed by atoms with Crippen LogP contribution in [0.2, 0.25) is 0 Å². The SMILES string of the molecule is C[C@@]12CCC(=O)N1[C@H](C(=O)OCC(=O)NC(=O)NCc1cccs1)CS2. The van der Waals surface area contributed by atoms with E-state index in [-0.39, 0.29) is 10.8 Å². The van der Waals surface area contributed by atoms with E-state index >= 15 is 0 Å². The predicted molar refractivity (Wildman–Crippen MR) is 96.4 cm³/mol. The molecule has 2 aliphatic rings. The zero-order chi connectivity index (χ0) is 18.7. The fourth-order valence-electron chi connectivity index (χ4n) is 3.02. The second-order valence-corrected chi connectivity index (χ2v) is 8.72. The van der Waals surface area contributed by atoms with Gasteiger partial charge in [0, 0.05) is 17.1 Å². The van der Waals surface area contributed by atoms with E-state index in [1.807, 2.05) is 24.4 Å². The second-order valence-electron chi connectivity index (χ2n) is 6.18. The summed E-state index contributed by atoms with van der Waals surface area (Å²) in [5.74, 6) is -0.963. The molecule has 26 heavy (non-hydrogen) atoms. The zero-order valence-electron chi connectivity index (χ0n) is 14.1. The van der Waals surface area contributed by atoms with Crippen molar-refractivity contribution in [3.63, 3.8) is 0 Å². The van der Waals surface area contributed by atoms with Crippen molar-refractivity contribution >= 4 is 46.9 Å². The number of amides is 4. The Kier molecular flexibility index (Phi) is 5.52. The monoisotopic (exact) mass is 397 g/mol. The molecule has 0 unspecified atom stereocenters. The number of fused-ring (bicyclic) bond motifs is 1. The molecule has 0 spiro atoms. The number of thiophene rings is 1. The Morgan fingerprint density at radius 2 is 2.23 bits per heavy atom. The van der Waals surface area contributed by atoms with Crippen LogP contribution >= 0.6 is 23.1 Å². The molecule has 0 saturated carbocycles. The van der Waals surface area contributed by atoms with Crippen molar-refractivity contribution in [2.24, 2.45) is 0 Å². The molecule has 10 heteroatoms. The number of nitrogens with one attached hydrogen (secondary N) is 2. The predicted octanol–water partition coefficient (Wildman–Crippen LogP) is 1.07. The molecule has 2 N–H and O–H groups in total. The normalized spacial score (nSPS) is 24.3. The topological polar surface area (TPSA) is 105 Å². The average Bonchev–Trinajstić information content (AvgIpc) is 3.29. The van der Waals surface area contributed by atoms with E-state index in [2.05, 4.69) is 10.6 Å². The summed E-state index contributed by atoms with van der Waals surface area (Å²) < 4.78 is 5.00. The molecule has 1 aromatic heterocycles. The molecular formula is C16H19N3O5S2. The fourth-order valence-corrected chi connectivity index (χ4v) is 5.08.